The molecule has 0 spiro atoms. The van der Waals surface area contributed by atoms with Crippen LogP contribution in [-0.4, -0.2) is 161 Å². The van der Waals surface area contributed by atoms with Crippen LogP contribution < -0.4 is 56.3 Å². The van der Waals surface area contributed by atoms with E-state index in [4.69, 9.17) is 160 Å². The number of carboxylic acids is 9. The minimum absolute atomic E-state index is 0. The quantitative estimate of drug-likeness (QED) is 0.0203. The summed E-state index contributed by atoms with van der Waals surface area (Å²) in [5.74, 6) is -8.36. The maximum atomic E-state index is 12.4. The number of alkyl halides is 3. The largest absolute Gasteiger partial charge is 0.497 e. The molecule has 0 heterocycles. The number of benzene rings is 8. The van der Waals surface area contributed by atoms with Crippen molar-refractivity contribution < 1.29 is 111 Å². The highest BCUT2D eigenvalue weighted by atomic mass is 35.5. The zero-order chi connectivity index (χ0) is 90.3. The molecular weight excluding hydrogens is 1670 g/mol. The van der Waals surface area contributed by atoms with Crippen LogP contribution in [0.25, 0.3) is 0 Å². The molecule has 0 aliphatic rings. The Morgan fingerprint density at radius 2 is 0.655 bits per heavy atom. The molecule has 0 saturated heterocycles. The number of nitrogens with two attached hydrogens (primary N) is 9. The van der Waals surface area contributed by atoms with Gasteiger partial charge in [-0.2, -0.15) is 13.2 Å². The Hall–Kier alpha value is -10.4. The standard InChI is InChI=1S/C10H12ClNO2.C10H10F3NO2.C10H13NO3.C9H9Cl2NO2.2C9H10ClNO2.C9H10FNO2.C9H11NO2.C6H13NO2.CH4/c1-6-2-3-7(8(11)4-6)5-9(12)10(13)14;11-10(12,13)7-3-1-6(2-4-7)5-8(14)9(15)16;1-14-8-4-2-7(3-5-8)6-9(11)10(12)13;10-6-2-1-5(3-7(6)11)4-8(12)9(13)14;10-7-3-1-6(2-4-7)5-8(11)9(12)13;10-7-3-1-2-6(4-7)5-8(11)9(12)13;10-7-3-1-6(2-4-7)5-8(11)9(12)13;10-8(9(11)12)6-7-4-2-1-3-5-7;1-4(2)3-5(7)6(8)9;/h2-4,9H,5,12H2,1H3,(H,13,14);1-4,8H,5,14H2,(H,15,16);2-5,9H,6,11H2,1H3,(H,12,13);1-3,8H,4,12H2,(H,13,14);3*1-4,8H,5,11H2,(H,12,13);1-5,8H,6,10H2,(H,11,12);4-5H,3,7H2,1-2H3,(H,8,9);1H4/t9-;8-;9-;5*8-;5-;/m111111111./s1. The van der Waals surface area contributed by atoms with Gasteiger partial charge in [0.05, 0.1) is 22.7 Å². The van der Waals surface area contributed by atoms with Crippen molar-refractivity contribution in [2.24, 2.45) is 57.5 Å². The smallest absolute Gasteiger partial charge is 0.416 e. The van der Waals surface area contributed by atoms with Gasteiger partial charge in [-0.3, -0.25) is 43.2 Å². The second kappa shape index (κ2) is 58.5. The van der Waals surface area contributed by atoms with Crippen molar-refractivity contribution in [3.05, 3.63) is 275 Å². The van der Waals surface area contributed by atoms with Crippen LogP contribution in [-0.2, 0) is 101 Å². The normalized spacial score (nSPS) is 12.6. The predicted molar refractivity (Wildman–Crippen MR) is 449 cm³/mol. The number of carbonyl (C=O) groups is 9. The molecule has 27 N–H and O–H groups in total. The molecule has 652 valence electrons. The number of rotatable bonds is 28. The Labute approximate surface area is 710 Å². The molecular formula is C82H102Cl5F4N9O19. The molecule has 0 aliphatic carbocycles. The first kappa shape index (κ1) is 111. The van der Waals surface area contributed by atoms with Crippen LogP contribution in [0.4, 0.5) is 17.6 Å². The van der Waals surface area contributed by atoms with Crippen molar-refractivity contribution >= 4 is 112 Å². The maximum Gasteiger partial charge on any atom is 0.416 e. The third-order valence-electron chi connectivity index (χ3n) is 15.4. The van der Waals surface area contributed by atoms with Crippen molar-refractivity contribution in [2.45, 2.75) is 147 Å². The van der Waals surface area contributed by atoms with Crippen LogP contribution in [0.15, 0.2) is 188 Å². The Balaban J connectivity index is 0. The fourth-order valence-corrected chi connectivity index (χ4v) is 9.89. The van der Waals surface area contributed by atoms with Crippen molar-refractivity contribution in [1.82, 2.24) is 0 Å². The van der Waals surface area contributed by atoms with Crippen molar-refractivity contribution in [3.63, 3.8) is 0 Å². The molecule has 0 amide bonds. The molecule has 119 heavy (non-hydrogen) atoms. The van der Waals surface area contributed by atoms with E-state index >= 15 is 0 Å². The summed E-state index contributed by atoms with van der Waals surface area (Å²) in [6, 6.07) is 42.9. The van der Waals surface area contributed by atoms with Crippen LogP contribution >= 0.6 is 58.0 Å². The summed E-state index contributed by atoms with van der Waals surface area (Å²) in [4.78, 5) is 93.6. The Kier molecular flexibility index (Phi) is 54.4. The van der Waals surface area contributed by atoms with Gasteiger partial charge in [0, 0.05) is 15.1 Å². The number of carboxylic acid groups (broad SMARTS) is 9. The molecule has 0 fully saturated rings. The number of aliphatic carboxylic acids is 9. The SMILES string of the molecule is C.CC(C)C[C@@H](N)C(=O)O.COc1ccc(C[C@@H](N)C(=O)O)cc1.Cc1ccc(C[C@@H](N)C(=O)O)c(Cl)c1.N[C@H](Cc1ccc(C(F)(F)F)cc1)C(=O)O.N[C@H](Cc1ccc(Cl)c(Cl)c1)C(=O)O.N[C@H](Cc1ccc(Cl)cc1)C(=O)O.N[C@H](Cc1ccc(F)cc1)C(=O)O.N[C@H](Cc1cccc(Cl)c1)C(=O)O.N[C@H](Cc1ccccc1)C(=O)O. The van der Waals surface area contributed by atoms with E-state index in [2.05, 4.69) is 0 Å². The Morgan fingerprint density at radius 1 is 0.345 bits per heavy atom. The lowest BCUT2D eigenvalue weighted by Crippen LogP contribution is -2.32. The molecule has 0 aliphatic heterocycles. The number of aryl methyl sites for hydroxylation is 1. The van der Waals surface area contributed by atoms with Gasteiger partial charge in [0.25, 0.3) is 0 Å². The molecule has 0 unspecified atom stereocenters. The van der Waals surface area contributed by atoms with Crippen molar-refractivity contribution in [1.29, 1.82) is 0 Å². The van der Waals surface area contributed by atoms with Gasteiger partial charge in [0.1, 0.15) is 65.9 Å². The second-order valence-corrected chi connectivity index (χ2v) is 28.1. The van der Waals surface area contributed by atoms with Crippen LogP contribution in [0.5, 0.6) is 5.75 Å². The van der Waals surface area contributed by atoms with Gasteiger partial charge in [-0.05, 0) is 200 Å². The van der Waals surface area contributed by atoms with Gasteiger partial charge in [0.15, 0.2) is 0 Å². The summed E-state index contributed by atoms with van der Waals surface area (Å²) < 4.78 is 54.0. The lowest BCUT2D eigenvalue weighted by Gasteiger charge is -2.09. The first-order valence-electron chi connectivity index (χ1n) is 35.1. The fourth-order valence-electron chi connectivity index (χ4n) is 8.92. The summed E-state index contributed by atoms with van der Waals surface area (Å²) >= 11 is 28.8. The summed E-state index contributed by atoms with van der Waals surface area (Å²) in [6.45, 7) is 5.82. The fraction of sp³-hybridized carbons (Fsp3) is 0.305. The molecule has 8 aromatic carbocycles. The molecule has 9 atom stereocenters. The maximum absolute atomic E-state index is 12.4. The third kappa shape index (κ3) is 50.9. The van der Waals surface area contributed by atoms with Gasteiger partial charge in [0.2, 0.25) is 0 Å². The van der Waals surface area contributed by atoms with Crippen molar-refractivity contribution in [3.8, 4) is 5.75 Å². The van der Waals surface area contributed by atoms with E-state index in [0.29, 0.717) is 68.7 Å². The van der Waals surface area contributed by atoms with Gasteiger partial charge < -0.3 is 102 Å². The predicted octanol–water partition coefficient (Wildman–Crippen LogP) is 11.0. The van der Waals surface area contributed by atoms with E-state index in [1.165, 1.54) is 36.4 Å². The van der Waals surface area contributed by atoms with Gasteiger partial charge in [-0.1, -0.05) is 188 Å². The average molecular weight is 1770 g/mol. The Morgan fingerprint density at radius 3 is 0.975 bits per heavy atom. The number of halogens is 9. The molecule has 8 aromatic rings. The first-order chi connectivity index (χ1) is 55.0. The molecule has 37 heteroatoms. The molecule has 8 rings (SSSR count). The second-order valence-electron chi connectivity index (χ2n) is 26.0. The zero-order valence-corrected chi connectivity index (χ0v) is 68.0. The third-order valence-corrected chi connectivity index (χ3v) is 17.0. The van der Waals surface area contributed by atoms with E-state index in [1.807, 2.05) is 69.3 Å². The molecule has 28 nitrogen and oxygen atoms in total. The van der Waals surface area contributed by atoms with Crippen LogP contribution in [0, 0.1) is 18.7 Å². The number of methoxy groups -OCH3 is 1. The van der Waals surface area contributed by atoms with Crippen LogP contribution in [0.3, 0.4) is 0 Å². The molecule has 0 saturated carbocycles. The Bertz CT molecular complexity index is 4340. The van der Waals surface area contributed by atoms with Gasteiger partial charge in [-0.25, -0.2) is 4.39 Å². The lowest BCUT2D eigenvalue weighted by atomic mass is 10.0. The minimum atomic E-state index is -4.38. The van der Waals surface area contributed by atoms with E-state index in [-0.39, 0.29) is 38.9 Å². The molecule has 0 aromatic heterocycles. The molecule has 0 radical (unpaired) electrons. The molecule has 0 bridgehead atoms. The van der Waals surface area contributed by atoms with Gasteiger partial charge in [-0.15, -0.1) is 0 Å². The topological polar surface area (TPSA) is 579 Å². The van der Waals surface area contributed by atoms with Crippen LogP contribution in [0.1, 0.15) is 83.3 Å². The summed E-state index contributed by atoms with van der Waals surface area (Å²) in [5, 5.41) is 79.4. The number of hydrogen-bond donors (Lipinski definition) is 18. The first-order valence-corrected chi connectivity index (χ1v) is 37.0. The lowest BCUT2D eigenvalue weighted by molar-refractivity contribution is -0.139. The van der Waals surface area contributed by atoms with Gasteiger partial charge >= 0.3 is 59.9 Å². The highest BCUT2D eigenvalue weighted by Crippen LogP contribution is 2.30. The zero-order valence-electron chi connectivity index (χ0n) is 64.2. The average Bonchev–Trinajstić information content (AvgIpc) is 0.862. The number of ether oxygens (including phenoxy) is 1. The van der Waals surface area contributed by atoms with E-state index in [0.717, 1.165) is 62.4 Å². The van der Waals surface area contributed by atoms with E-state index in [9.17, 15) is 60.7 Å². The summed E-state index contributed by atoms with van der Waals surface area (Å²) in [6.07, 6.45) is -1.76. The summed E-state index contributed by atoms with van der Waals surface area (Å²) in [7, 11) is 1.58. The van der Waals surface area contributed by atoms with E-state index in [1.54, 1.807) is 98.1 Å². The van der Waals surface area contributed by atoms with Crippen molar-refractivity contribution in [2.75, 3.05) is 7.11 Å². The summed E-state index contributed by atoms with van der Waals surface area (Å²) in [5.41, 5.74) is 54.5. The highest BCUT2D eigenvalue weighted by molar-refractivity contribution is 6.42. The number of hydrogen-bond acceptors (Lipinski definition) is 19. The monoisotopic (exact) mass is 1770 g/mol. The minimum Gasteiger partial charge on any atom is -0.497 e. The highest BCUT2D eigenvalue weighted by Gasteiger charge is 2.30. The van der Waals surface area contributed by atoms with Crippen LogP contribution in [0.2, 0.25) is 25.1 Å². The van der Waals surface area contributed by atoms with E-state index < -0.39 is 120 Å².